The number of urea groups is 1. The lowest BCUT2D eigenvalue weighted by atomic mass is 10.1. The van der Waals surface area contributed by atoms with E-state index in [0.29, 0.717) is 30.0 Å². The fraction of sp³-hybridized carbons (Fsp3) is 0.833. The summed E-state index contributed by atoms with van der Waals surface area (Å²) in [5.74, 6) is 0.568. The molecule has 0 heterocycles. The third kappa shape index (κ3) is 10.4. The highest BCUT2D eigenvalue weighted by Gasteiger charge is 2.09. The topological polar surface area (TPSA) is 84.2 Å². The maximum absolute atomic E-state index is 11.4. The first kappa shape index (κ1) is 17.2. The van der Waals surface area contributed by atoms with Crippen LogP contribution < -0.4 is 16.4 Å². The van der Waals surface area contributed by atoms with Crippen molar-refractivity contribution in [3.63, 3.8) is 0 Å². The van der Waals surface area contributed by atoms with Crippen molar-refractivity contribution >= 4 is 23.7 Å². The summed E-state index contributed by atoms with van der Waals surface area (Å²) in [7, 11) is 0. The van der Waals surface area contributed by atoms with Gasteiger partial charge < -0.3 is 11.1 Å². The van der Waals surface area contributed by atoms with E-state index in [1.165, 1.54) is 11.8 Å². The van der Waals surface area contributed by atoms with Crippen LogP contribution in [0.3, 0.4) is 0 Å². The molecule has 0 radical (unpaired) electrons. The van der Waals surface area contributed by atoms with E-state index in [1.54, 1.807) is 0 Å². The largest absolute Gasteiger partial charge is 0.338 e. The number of carbonyl (C=O) groups excluding carboxylic acids is 2. The molecule has 0 saturated carbocycles. The Morgan fingerprint density at radius 3 is 2.44 bits per heavy atom. The molecule has 0 spiro atoms. The molecule has 1 unspecified atom stereocenters. The zero-order chi connectivity index (χ0) is 14.0. The van der Waals surface area contributed by atoms with Crippen LogP contribution in [0.5, 0.6) is 0 Å². The maximum Gasteiger partial charge on any atom is 0.321 e. The Morgan fingerprint density at radius 1 is 1.22 bits per heavy atom. The van der Waals surface area contributed by atoms with Gasteiger partial charge >= 0.3 is 6.03 Å². The lowest BCUT2D eigenvalue weighted by molar-refractivity contribution is -0.117. The number of carbonyl (C=O) groups is 2. The molecule has 6 heteroatoms. The molecule has 0 aromatic carbocycles. The van der Waals surface area contributed by atoms with Crippen LogP contribution in [0.15, 0.2) is 0 Å². The van der Waals surface area contributed by atoms with Crippen LogP contribution in [-0.4, -0.2) is 36.0 Å². The Morgan fingerprint density at radius 2 is 1.89 bits per heavy atom. The molecule has 106 valence electrons. The van der Waals surface area contributed by atoms with Gasteiger partial charge in [-0.25, -0.2) is 4.79 Å². The van der Waals surface area contributed by atoms with E-state index >= 15 is 0 Å². The predicted molar refractivity (Wildman–Crippen MR) is 76.6 cm³/mol. The quantitative estimate of drug-likeness (QED) is 0.624. The van der Waals surface area contributed by atoms with Gasteiger partial charge in [-0.05, 0) is 25.3 Å². The highest BCUT2D eigenvalue weighted by Crippen LogP contribution is 2.12. The van der Waals surface area contributed by atoms with Gasteiger partial charge in [0.15, 0.2) is 0 Å². The van der Waals surface area contributed by atoms with Gasteiger partial charge in [0.2, 0.25) is 5.91 Å². The van der Waals surface area contributed by atoms with Crippen molar-refractivity contribution in [2.75, 3.05) is 18.8 Å². The smallest absolute Gasteiger partial charge is 0.321 e. The standard InChI is InChI=1S/C12H25N3O2S/c1-9(2)5-7-14-12(17)15-11(16)8-18-10(3)4-6-13/h9-10H,4-8,13H2,1-3H3,(H2,14,15,16,17). The molecule has 1 atom stereocenters. The van der Waals surface area contributed by atoms with Crippen LogP contribution in [0.25, 0.3) is 0 Å². The van der Waals surface area contributed by atoms with Crippen molar-refractivity contribution in [2.24, 2.45) is 11.7 Å². The minimum Gasteiger partial charge on any atom is -0.338 e. The number of nitrogens with two attached hydrogens (primary N) is 1. The number of amides is 3. The SMILES string of the molecule is CC(C)CCNC(=O)NC(=O)CSC(C)CCN. The van der Waals surface area contributed by atoms with E-state index in [1.807, 2.05) is 6.92 Å². The van der Waals surface area contributed by atoms with Crippen molar-refractivity contribution in [1.82, 2.24) is 10.6 Å². The zero-order valence-corrected chi connectivity index (χ0v) is 12.3. The number of hydrogen-bond donors (Lipinski definition) is 3. The second-order valence-electron chi connectivity index (χ2n) is 4.69. The fourth-order valence-corrected chi connectivity index (χ4v) is 2.03. The molecule has 0 aliphatic rings. The fourth-order valence-electron chi connectivity index (χ4n) is 1.22. The maximum atomic E-state index is 11.4. The van der Waals surface area contributed by atoms with E-state index in [2.05, 4.69) is 24.5 Å². The normalized spacial score (nSPS) is 12.3. The summed E-state index contributed by atoms with van der Waals surface area (Å²) in [6, 6.07) is -0.410. The predicted octanol–water partition coefficient (Wildman–Crippen LogP) is 1.33. The van der Waals surface area contributed by atoms with Gasteiger partial charge in [-0.3, -0.25) is 10.1 Å². The monoisotopic (exact) mass is 275 g/mol. The molecular weight excluding hydrogens is 250 g/mol. The van der Waals surface area contributed by atoms with E-state index in [-0.39, 0.29) is 5.91 Å². The summed E-state index contributed by atoms with van der Waals surface area (Å²) in [5.41, 5.74) is 5.42. The van der Waals surface area contributed by atoms with Gasteiger partial charge in [0, 0.05) is 11.8 Å². The minimum atomic E-state index is -0.410. The Labute approximate surface area is 114 Å². The summed E-state index contributed by atoms with van der Waals surface area (Å²) < 4.78 is 0. The summed E-state index contributed by atoms with van der Waals surface area (Å²) in [5, 5.41) is 5.31. The van der Waals surface area contributed by atoms with Gasteiger partial charge in [0.05, 0.1) is 5.75 Å². The molecule has 0 aliphatic carbocycles. The van der Waals surface area contributed by atoms with Crippen LogP contribution >= 0.6 is 11.8 Å². The van der Waals surface area contributed by atoms with Gasteiger partial charge in [0.25, 0.3) is 0 Å². The molecule has 0 aliphatic heterocycles. The third-order valence-electron chi connectivity index (χ3n) is 2.33. The molecule has 3 amide bonds. The number of imide groups is 1. The summed E-state index contributed by atoms with van der Waals surface area (Å²) in [4.78, 5) is 22.8. The van der Waals surface area contributed by atoms with Gasteiger partial charge in [0.1, 0.15) is 0 Å². The van der Waals surface area contributed by atoms with Gasteiger partial charge in [-0.1, -0.05) is 20.8 Å². The van der Waals surface area contributed by atoms with Crippen LogP contribution in [0.4, 0.5) is 4.79 Å². The molecule has 0 rings (SSSR count). The molecule has 5 nitrogen and oxygen atoms in total. The van der Waals surface area contributed by atoms with Crippen LogP contribution in [0.2, 0.25) is 0 Å². The first-order chi connectivity index (χ1) is 8.45. The van der Waals surface area contributed by atoms with E-state index in [4.69, 9.17) is 5.73 Å². The van der Waals surface area contributed by atoms with Crippen molar-refractivity contribution in [2.45, 2.75) is 38.9 Å². The Balaban J connectivity index is 3.64. The van der Waals surface area contributed by atoms with E-state index < -0.39 is 6.03 Å². The zero-order valence-electron chi connectivity index (χ0n) is 11.5. The van der Waals surface area contributed by atoms with Crippen LogP contribution in [0.1, 0.15) is 33.6 Å². The van der Waals surface area contributed by atoms with Gasteiger partial charge in [-0.15, -0.1) is 11.8 Å². The third-order valence-corrected chi connectivity index (χ3v) is 3.57. The Bertz CT molecular complexity index is 260. The molecule has 0 aromatic rings. The molecule has 18 heavy (non-hydrogen) atoms. The molecule has 0 fully saturated rings. The second-order valence-corrected chi connectivity index (χ2v) is 6.11. The molecular formula is C12H25N3O2S. The second kappa shape index (κ2) is 10.2. The van der Waals surface area contributed by atoms with Crippen molar-refractivity contribution in [1.29, 1.82) is 0 Å². The van der Waals surface area contributed by atoms with E-state index in [9.17, 15) is 9.59 Å². The van der Waals surface area contributed by atoms with Crippen molar-refractivity contribution in [3.05, 3.63) is 0 Å². The minimum absolute atomic E-state index is 0.258. The lowest BCUT2D eigenvalue weighted by Crippen LogP contribution is -2.41. The summed E-state index contributed by atoms with van der Waals surface area (Å²) >= 11 is 1.51. The highest BCUT2D eigenvalue weighted by atomic mass is 32.2. The first-order valence-electron chi connectivity index (χ1n) is 6.35. The number of hydrogen-bond acceptors (Lipinski definition) is 4. The average Bonchev–Trinajstić information content (AvgIpc) is 2.26. The molecule has 0 saturated heterocycles. The Hall–Kier alpha value is -0.750. The molecule has 0 bridgehead atoms. The lowest BCUT2D eigenvalue weighted by Gasteiger charge is -2.10. The number of nitrogens with one attached hydrogen (secondary N) is 2. The van der Waals surface area contributed by atoms with Crippen molar-refractivity contribution in [3.8, 4) is 0 Å². The van der Waals surface area contributed by atoms with Crippen LogP contribution in [-0.2, 0) is 4.79 Å². The van der Waals surface area contributed by atoms with Crippen LogP contribution in [0, 0.1) is 5.92 Å². The first-order valence-corrected chi connectivity index (χ1v) is 7.40. The molecule has 0 aromatic heterocycles. The van der Waals surface area contributed by atoms with E-state index in [0.717, 1.165) is 12.8 Å². The average molecular weight is 275 g/mol. The number of thioether (sulfide) groups is 1. The Kier molecular flexibility index (Phi) is 9.77. The summed E-state index contributed by atoms with van der Waals surface area (Å²) in [6.45, 7) is 7.40. The van der Waals surface area contributed by atoms with Gasteiger partial charge in [-0.2, -0.15) is 0 Å². The summed E-state index contributed by atoms with van der Waals surface area (Å²) in [6.07, 6.45) is 1.78. The highest BCUT2D eigenvalue weighted by molar-refractivity contribution is 8.00. The number of rotatable bonds is 8. The molecule has 4 N–H and O–H groups in total. The van der Waals surface area contributed by atoms with Crippen molar-refractivity contribution < 1.29 is 9.59 Å².